The van der Waals surface area contributed by atoms with Crippen LogP contribution in [0, 0.1) is 0 Å². The van der Waals surface area contributed by atoms with E-state index >= 15 is 0 Å². The molecule has 0 aromatic heterocycles. The molecule has 1 saturated heterocycles. The first-order valence-electron chi connectivity index (χ1n) is 8.15. The molecule has 2 aliphatic rings. The molecule has 1 N–H and O–H groups in total. The summed E-state index contributed by atoms with van der Waals surface area (Å²) in [6.07, 6.45) is 1.54. The molecule has 0 bridgehead atoms. The van der Waals surface area contributed by atoms with Crippen LogP contribution in [0.1, 0.15) is 18.4 Å². The van der Waals surface area contributed by atoms with E-state index in [0.717, 1.165) is 24.2 Å². The minimum Gasteiger partial charge on any atom is -0.497 e. The van der Waals surface area contributed by atoms with Gasteiger partial charge in [0.15, 0.2) is 0 Å². The van der Waals surface area contributed by atoms with Crippen molar-refractivity contribution in [2.24, 2.45) is 0 Å². The highest BCUT2D eigenvalue weighted by atomic mass is 32.2. The number of urea groups is 1. The summed E-state index contributed by atoms with van der Waals surface area (Å²) in [5.74, 6) is 0.776. The molecule has 1 aromatic carbocycles. The van der Waals surface area contributed by atoms with E-state index < -0.39 is 10.0 Å². The molecule has 8 heteroatoms. The minimum atomic E-state index is -3.14. The predicted octanol–water partition coefficient (Wildman–Crippen LogP) is 1.01. The van der Waals surface area contributed by atoms with Crippen LogP contribution in [0.15, 0.2) is 24.3 Å². The van der Waals surface area contributed by atoms with Gasteiger partial charge in [0.2, 0.25) is 10.0 Å². The third kappa shape index (κ3) is 3.81. The molecule has 0 unspecified atom stereocenters. The van der Waals surface area contributed by atoms with E-state index in [9.17, 15) is 13.2 Å². The Morgan fingerprint density at radius 1 is 1.17 bits per heavy atom. The Morgan fingerprint density at radius 2 is 1.79 bits per heavy atom. The molecule has 1 aromatic rings. The van der Waals surface area contributed by atoms with E-state index in [0.29, 0.717) is 32.7 Å². The molecule has 0 radical (unpaired) electrons. The standard InChI is InChI=1S/C16H23N3O4S/c1-23-14-4-2-13(3-5-14)12-17-16(20)18-8-10-19(11-9-18)24(21,22)15-6-7-15/h2-5,15H,6-12H2,1H3,(H,17,20). The zero-order chi connectivity index (χ0) is 17.2. The molecule has 1 saturated carbocycles. The SMILES string of the molecule is COc1ccc(CNC(=O)N2CCN(S(=O)(=O)C3CC3)CC2)cc1. The summed E-state index contributed by atoms with van der Waals surface area (Å²) >= 11 is 0. The number of hydrogen-bond acceptors (Lipinski definition) is 4. The predicted molar refractivity (Wildman–Crippen MR) is 90.3 cm³/mol. The fourth-order valence-corrected chi connectivity index (χ4v) is 4.58. The number of carbonyl (C=O) groups is 1. The summed E-state index contributed by atoms with van der Waals surface area (Å²) in [7, 11) is -1.53. The lowest BCUT2D eigenvalue weighted by molar-refractivity contribution is 0.172. The molecule has 0 spiro atoms. The fourth-order valence-electron chi connectivity index (χ4n) is 2.76. The number of nitrogens with one attached hydrogen (secondary N) is 1. The largest absolute Gasteiger partial charge is 0.497 e. The number of benzene rings is 1. The van der Waals surface area contributed by atoms with Crippen LogP contribution in [0.25, 0.3) is 0 Å². The highest BCUT2D eigenvalue weighted by Gasteiger charge is 2.41. The van der Waals surface area contributed by atoms with Crippen LogP contribution in [-0.2, 0) is 16.6 Å². The molecule has 1 heterocycles. The second-order valence-corrected chi connectivity index (χ2v) is 8.35. The number of methoxy groups -OCH3 is 1. The van der Waals surface area contributed by atoms with Crippen molar-refractivity contribution in [2.45, 2.75) is 24.6 Å². The summed E-state index contributed by atoms with van der Waals surface area (Å²) in [5.41, 5.74) is 0.985. The summed E-state index contributed by atoms with van der Waals surface area (Å²) in [6, 6.07) is 7.35. The summed E-state index contributed by atoms with van der Waals surface area (Å²) in [4.78, 5) is 13.9. The molecule has 2 fully saturated rings. The first-order valence-corrected chi connectivity index (χ1v) is 9.65. The maximum Gasteiger partial charge on any atom is 0.317 e. The second-order valence-electron chi connectivity index (χ2n) is 6.14. The van der Waals surface area contributed by atoms with Crippen LogP contribution in [-0.4, -0.2) is 62.2 Å². The fraction of sp³-hybridized carbons (Fsp3) is 0.562. The van der Waals surface area contributed by atoms with Crippen LogP contribution in [0.4, 0.5) is 4.79 Å². The lowest BCUT2D eigenvalue weighted by atomic mass is 10.2. The van der Waals surface area contributed by atoms with Crippen molar-refractivity contribution in [3.8, 4) is 5.75 Å². The molecule has 1 aliphatic heterocycles. The number of nitrogens with zero attached hydrogens (tertiary/aromatic N) is 2. The average Bonchev–Trinajstić information content (AvgIpc) is 3.46. The van der Waals surface area contributed by atoms with Gasteiger partial charge in [-0.3, -0.25) is 0 Å². The molecule has 3 rings (SSSR count). The smallest absolute Gasteiger partial charge is 0.317 e. The highest BCUT2D eigenvalue weighted by Crippen LogP contribution is 2.31. The maximum atomic E-state index is 12.2. The second kappa shape index (κ2) is 6.98. The van der Waals surface area contributed by atoms with E-state index in [-0.39, 0.29) is 11.3 Å². The van der Waals surface area contributed by atoms with Crippen molar-refractivity contribution in [1.82, 2.24) is 14.5 Å². The van der Waals surface area contributed by atoms with E-state index in [4.69, 9.17) is 4.74 Å². The van der Waals surface area contributed by atoms with Gasteiger partial charge in [-0.15, -0.1) is 0 Å². The van der Waals surface area contributed by atoms with Gasteiger partial charge in [0.1, 0.15) is 5.75 Å². The van der Waals surface area contributed by atoms with E-state index in [2.05, 4.69) is 5.32 Å². The zero-order valence-corrected chi connectivity index (χ0v) is 14.6. The van der Waals surface area contributed by atoms with Gasteiger partial charge in [-0.2, -0.15) is 4.31 Å². The van der Waals surface area contributed by atoms with Gasteiger partial charge in [-0.1, -0.05) is 12.1 Å². The number of piperazine rings is 1. The Morgan fingerprint density at radius 3 is 2.33 bits per heavy atom. The maximum absolute atomic E-state index is 12.2. The van der Waals surface area contributed by atoms with Crippen LogP contribution >= 0.6 is 0 Å². The Hall–Kier alpha value is -1.80. The molecular weight excluding hydrogens is 330 g/mol. The normalized spacial score (nSPS) is 19.1. The first kappa shape index (κ1) is 17.0. The summed E-state index contributed by atoms with van der Waals surface area (Å²) in [6.45, 7) is 2.06. The minimum absolute atomic E-state index is 0.158. The molecule has 7 nitrogen and oxygen atoms in total. The average molecular weight is 353 g/mol. The van der Waals surface area contributed by atoms with Crippen LogP contribution in [0.5, 0.6) is 5.75 Å². The molecule has 24 heavy (non-hydrogen) atoms. The molecule has 0 atom stereocenters. The molecule has 2 amide bonds. The third-order valence-corrected chi connectivity index (χ3v) is 6.83. The van der Waals surface area contributed by atoms with E-state index in [1.807, 2.05) is 24.3 Å². The first-order chi connectivity index (χ1) is 11.5. The van der Waals surface area contributed by atoms with Gasteiger partial charge >= 0.3 is 6.03 Å². The molecule has 1 aliphatic carbocycles. The lowest BCUT2D eigenvalue weighted by Gasteiger charge is -2.34. The number of rotatable bonds is 5. The van der Waals surface area contributed by atoms with Crippen LogP contribution in [0.2, 0.25) is 0 Å². The number of hydrogen-bond donors (Lipinski definition) is 1. The van der Waals surface area contributed by atoms with Gasteiger partial charge in [-0.25, -0.2) is 13.2 Å². The van der Waals surface area contributed by atoms with Crippen molar-refractivity contribution in [3.63, 3.8) is 0 Å². The van der Waals surface area contributed by atoms with Crippen molar-refractivity contribution in [2.75, 3.05) is 33.3 Å². The Bertz CT molecular complexity index is 678. The van der Waals surface area contributed by atoms with E-state index in [1.165, 1.54) is 4.31 Å². The Kier molecular flexibility index (Phi) is 4.96. The van der Waals surface area contributed by atoms with Crippen molar-refractivity contribution in [3.05, 3.63) is 29.8 Å². The van der Waals surface area contributed by atoms with Crippen molar-refractivity contribution < 1.29 is 17.9 Å². The van der Waals surface area contributed by atoms with E-state index in [1.54, 1.807) is 12.0 Å². The van der Waals surface area contributed by atoms with Gasteiger partial charge in [0, 0.05) is 32.7 Å². The highest BCUT2D eigenvalue weighted by molar-refractivity contribution is 7.90. The number of amides is 2. The molecular formula is C16H23N3O4S. The van der Waals surface area contributed by atoms with Crippen molar-refractivity contribution in [1.29, 1.82) is 0 Å². The quantitative estimate of drug-likeness (QED) is 0.857. The number of ether oxygens (including phenoxy) is 1. The Balaban J connectivity index is 1.46. The number of sulfonamides is 1. The van der Waals surface area contributed by atoms with Crippen LogP contribution < -0.4 is 10.1 Å². The topological polar surface area (TPSA) is 79.0 Å². The zero-order valence-electron chi connectivity index (χ0n) is 13.8. The third-order valence-electron chi connectivity index (χ3n) is 4.43. The Labute approximate surface area is 142 Å². The lowest BCUT2D eigenvalue weighted by Crippen LogP contribution is -2.53. The van der Waals surface area contributed by atoms with Crippen LogP contribution in [0.3, 0.4) is 0 Å². The summed E-state index contributed by atoms with van der Waals surface area (Å²) < 4.78 is 31.0. The van der Waals surface area contributed by atoms with Crippen molar-refractivity contribution >= 4 is 16.1 Å². The van der Waals surface area contributed by atoms with Gasteiger partial charge < -0.3 is 15.0 Å². The van der Waals surface area contributed by atoms with Gasteiger partial charge in [-0.05, 0) is 30.5 Å². The van der Waals surface area contributed by atoms with Gasteiger partial charge in [0.05, 0.1) is 12.4 Å². The monoisotopic (exact) mass is 353 g/mol. The molecule has 132 valence electrons. The van der Waals surface area contributed by atoms with Gasteiger partial charge in [0.25, 0.3) is 0 Å². The summed E-state index contributed by atoms with van der Waals surface area (Å²) in [5, 5.41) is 2.69. The number of carbonyl (C=O) groups excluding carboxylic acids is 1.